The fourth-order valence-electron chi connectivity index (χ4n) is 1.92. The molecule has 4 nitrogen and oxygen atoms in total. The predicted molar refractivity (Wildman–Crippen MR) is 58.4 cm³/mol. The Hall–Kier alpha value is -1.36. The van der Waals surface area contributed by atoms with Gasteiger partial charge in [0.1, 0.15) is 0 Å². The van der Waals surface area contributed by atoms with Gasteiger partial charge in [0.25, 0.3) is 0 Å². The molecule has 5 heteroatoms. The molecule has 2 rings (SSSR count). The van der Waals surface area contributed by atoms with Crippen LogP contribution in [-0.4, -0.2) is 24.7 Å². The average Bonchev–Trinajstić information content (AvgIpc) is 2.23. The second kappa shape index (κ2) is 3.59. The lowest BCUT2D eigenvalue weighted by Crippen LogP contribution is -2.25. The molecule has 0 aromatic heterocycles. The Kier molecular flexibility index (Phi) is 2.50. The lowest BCUT2D eigenvalue weighted by Gasteiger charge is -2.21. The van der Waals surface area contributed by atoms with Crippen LogP contribution in [0, 0.1) is 0 Å². The van der Waals surface area contributed by atoms with Crippen LogP contribution >= 0.6 is 0 Å². The maximum Gasteiger partial charge on any atom is 0.335 e. The molecule has 0 aliphatic carbocycles. The fourth-order valence-corrected chi connectivity index (χ4v) is 3.56. The zero-order valence-electron chi connectivity index (χ0n) is 8.80. The first-order chi connectivity index (χ1) is 7.43. The first kappa shape index (κ1) is 11.1. The Morgan fingerprint density at radius 1 is 1.44 bits per heavy atom. The molecule has 1 unspecified atom stereocenters. The maximum atomic E-state index is 11.9. The number of aryl methyl sites for hydroxylation is 1. The van der Waals surface area contributed by atoms with Gasteiger partial charge in [0.2, 0.25) is 0 Å². The van der Waals surface area contributed by atoms with Gasteiger partial charge in [0.15, 0.2) is 9.84 Å². The number of hydrogen-bond donors (Lipinski definition) is 1. The highest BCUT2D eigenvalue weighted by Gasteiger charge is 2.30. The van der Waals surface area contributed by atoms with E-state index in [-0.39, 0.29) is 15.7 Å². The number of aromatic carboxylic acids is 1. The van der Waals surface area contributed by atoms with Crippen LogP contribution in [0.4, 0.5) is 0 Å². The third-order valence-corrected chi connectivity index (χ3v) is 5.27. The van der Waals surface area contributed by atoms with Gasteiger partial charge in [-0.3, -0.25) is 0 Å². The summed E-state index contributed by atoms with van der Waals surface area (Å²) in [7, 11) is -3.26. The van der Waals surface area contributed by atoms with Gasteiger partial charge in [-0.1, -0.05) is 0 Å². The molecule has 0 fully saturated rings. The number of sulfone groups is 1. The summed E-state index contributed by atoms with van der Waals surface area (Å²) in [6.07, 6.45) is 1.18. The molecular formula is C11H12O4S. The van der Waals surface area contributed by atoms with Gasteiger partial charge in [-0.15, -0.1) is 0 Å². The van der Waals surface area contributed by atoms with E-state index < -0.39 is 15.8 Å². The van der Waals surface area contributed by atoms with Gasteiger partial charge in [0, 0.05) is 0 Å². The highest BCUT2D eigenvalue weighted by atomic mass is 32.2. The van der Waals surface area contributed by atoms with Crippen LogP contribution in [0.1, 0.15) is 29.3 Å². The number of carboxylic acid groups (broad SMARTS) is 1. The fraction of sp³-hybridized carbons (Fsp3) is 0.364. The highest BCUT2D eigenvalue weighted by molar-refractivity contribution is 7.92. The van der Waals surface area contributed by atoms with Crippen molar-refractivity contribution in [2.45, 2.75) is 29.9 Å². The van der Waals surface area contributed by atoms with Crippen molar-refractivity contribution in [2.24, 2.45) is 0 Å². The lowest BCUT2D eigenvalue weighted by atomic mass is 10.0. The molecule has 1 atom stereocenters. The summed E-state index contributed by atoms with van der Waals surface area (Å²) < 4.78 is 23.9. The quantitative estimate of drug-likeness (QED) is 0.807. The van der Waals surface area contributed by atoms with Crippen molar-refractivity contribution < 1.29 is 18.3 Å². The van der Waals surface area contributed by atoms with Crippen LogP contribution in [0.3, 0.4) is 0 Å². The van der Waals surface area contributed by atoms with Crippen molar-refractivity contribution >= 4 is 15.8 Å². The van der Waals surface area contributed by atoms with Gasteiger partial charge in [-0.25, -0.2) is 13.2 Å². The lowest BCUT2D eigenvalue weighted by molar-refractivity contribution is 0.0696. The van der Waals surface area contributed by atoms with E-state index in [0.29, 0.717) is 18.4 Å². The normalized spacial score (nSPS) is 22.4. The van der Waals surface area contributed by atoms with Crippen molar-refractivity contribution in [3.63, 3.8) is 0 Å². The molecule has 0 bridgehead atoms. The predicted octanol–water partition coefficient (Wildman–Crippen LogP) is 1.49. The van der Waals surface area contributed by atoms with Gasteiger partial charge in [-0.2, -0.15) is 0 Å². The Morgan fingerprint density at radius 3 is 2.75 bits per heavy atom. The van der Waals surface area contributed by atoms with Gasteiger partial charge in [-0.05, 0) is 43.5 Å². The molecule has 0 amide bonds. The molecule has 0 radical (unpaired) electrons. The summed E-state index contributed by atoms with van der Waals surface area (Å²) in [6.45, 7) is 1.68. The second-order valence-corrected chi connectivity index (χ2v) is 6.36. The standard InChI is InChI=1S/C11H12O4S/c1-7-2-3-8-6-9(11(12)13)4-5-10(8)16(7,14)15/h4-7H,2-3H2,1H3,(H,12,13). The van der Waals surface area contributed by atoms with Crippen molar-refractivity contribution in [1.82, 2.24) is 0 Å². The SMILES string of the molecule is CC1CCc2cc(C(=O)O)ccc2S1(=O)=O. The molecule has 1 aliphatic rings. The first-order valence-corrected chi connectivity index (χ1v) is 6.57. The number of carboxylic acids is 1. The third-order valence-electron chi connectivity index (χ3n) is 2.96. The minimum absolute atomic E-state index is 0.142. The van der Waals surface area contributed by atoms with Gasteiger partial charge in [0.05, 0.1) is 15.7 Å². The van der Waals surface area contributed by atoms with Crippen molar-refractivity contribution in [2.75, 3.05) is 0 Å². The molecule has 1 N–H and O–H groups in total. The zero-order chi connectivity index (χ0) is 11.9. The largest absolute Gasteiger partial charge is 0.478 e. The van der Waals surface area contributed by atoms with E-state index >= 15 is 0 Å². The number of rotatable bonds is 1. The number of fused-ring (bicyclic) bond motifs is 1. The molecule has 1 aliphatic heterocycles. The van der Waals surface area contributed by atoms with Crippen molar-refractivity contribution in [3.8, 4) is 0 Å². The van der Waals surface area contributed by atoms with Crippen LogP contribution in [0.5, 0.6) is 0 Å². The molecule has 1 heterocycles. The topological polar surface area (TPSA) is 71.4 Å². The molecule has 0 saturated heterocycles. The summed E-state index contributed by atoms with van der Waals surface area (Å²) in [6, 6.07) is 4.21. The summed E-state index contributed by atoms with van der Waals surface area (Å²) >= 11 is 0. The van der Waals surface area contributed by atoms with E-state index in [4.69, 9.17) is 5.11 Å². The molecular weight excluding hydrogens is 228 g/mol. The zero-order valence-corrected chi connectivity index (χ0v) is 9.62. The minimum Gasteiger partial charge on any atom is -0.478 e. The Morgan fingerprint density at radius 2 is 2.12 bits per heavy atom. The maximum absolute atomic E-state index is 11.9. The first-order valence-electron chi connectivity index (χ1n) is 5.03. The van der Waals surface area contributed by atoms with Crippen LogP contribution in [0.15, 0.2) is 23.1 Å². The number of benzene rings is 1. The molecule has 86 valence electrons. The molecule has 16 heavy (non-hydrogen) atoms. The van der Waals surface area contributed by atoms with Crippen molar-refractivity contribution in [3.05, 3.63) is 29.3 Å². The van der Waals surface area contributed by atoms with Crippen LogP contribution in [0.2, 0.25) is 0 Å². The summed E-state index contributed by atoms with van der Waals surface area (Å²) in [4.78, 5) is 11.1. The second-order valence-electron chi connectivity index (χ2n) is 4.02. The number of carbonyl (C=O) groups is 1. The van der Waals surface area contributed by atoms with E-state index in [1.807, 2.05) is 0 Å². The van der Waals surface area contributed by atoms with Gasteiger partial charge < -0.3 is 5.11 Å². The van der Waals surface area contributed by atoms with Crippen LogP contribution in [0.25, 0.3) is 0 Å². The average molecular weight is 240 g/mol. The van der Waals surface area contributed by atoms with E-state index in [9.17, 15) is 13.2 Å². The van der Waals surface area contributed by atoms with E-state index in [1.54, 1.807) is 6.92 Å². The molecule has 1 aromatic carbocycles. The highest BCUT2D eigenvalue weighted by Crippen LogP contribution is 2.30. The third kappa shape index (κ3) is 1.61. The van der Waals surface area contributed by atoms with Crippen LogP contribution in [-0.2, 0) is 16.3 Å². The Labute approximate surface area is 93.8 Å². The van der Waals surface area contributed by atoms with E-state index in [0.717, 1.165) is 0 Å². The van der Waals surface area contributed by atoms with Crippen LogP contribution < -0.4 is 0 Å². The van der Waals surface area contributed by atoms with Crippen molar-refractivity contribution in [1.29, 1.82) is 0 Å². The summed E-state index contributed by atoms with van der Waals surface area (Å²) in [5, 5.41) is 8.44. The minimum atomic E-state index is -3.26. The van der Waals surface area contributed by atoms with E-state index in [1.165, 1.54) is 18.2 Å². The van der Waals surface area contributed by atoms with E-state index in [2.05, 4.69) is 0 Å². The number of hydrogen-bond acceptors (Lipinski definition) is 3. The molecule has 0 saturated carbocycles. The summed E-state index contributed by atoms with van der Waals surface area (Å²) in [5.41, 5.74) is 0.765. The van der Waals surface area contributed by atoms with Gasteiger partial charge >= 0.3 is 5.97 Å². The monoisotopic (exact) mass is 240 g/mol. The Bertz CT molecular complexity index is 545. The Balaban J connectivity index is 2.60. The molecule has 0 spiro atoms. The molecule has 1 aromatic rings. The smallest absolute Gasteiger partial charge is 0.335 e. The summed E-state index contributed by atoms with van der Waals surface area (Å²) in [5.74, 6) is -1.03.